The molecular formula is C16H16N4OS2. The maximum absolute atomic E-state index is 9.27. The Bertz CT molecular complexity index is 785. The van der Waals surface area contributed by atoms with Crippen molar-refractivity contribution in [1.29, 1.82) is 5.26 Å². The first-order valence-electron chi connectivity index (χ1n) is 7.06. The van der Waals surface area contributed by atoms with E-state index in [1.807, 2.05) is 31.6 Å². The topological polar surface area (TPSA) is 65.1 Å². The highest BCUT2D eigenvalue weighted by Crippen LogP contribution is 2.29. The fraction of sp³-hybridized carbons (Fsp3) is 0.250. The molecule has 0 unspecified atom stereocenters. The molecule has 1 N–H and O–H groups in total. The average Bonchev–Trinajstić information content (AvgIpc) is 3.28. The Balaban J connectivity index is 1.78. The van der Waals surface area contributed by atoms with Crippen molar-refractivity contribution in [1.82, 2.24) is 9.88 Å². The Morgan fingerprint density at radius 3 is 2.87 bits per heavy atom. The van der Waals surface area contributed by atoms with Gasteiger partial charge in [0.25, 0.3) is 0 Å². The van der Waals surface area contributed by atoms with E-state index in [2.05, 4.69) is 38.1 Å². The molecule has 0 spiro atoms. The molecule has 3 heterocycles. The van der Waals surface area contributed by atoms with Crippen LogP contribution in [0.15, 0.2) is 38.8 Å². The van der Waals surface area contributed by atoms with Gasteiger partial charge >= 0.3 is 0 Å². The average molecular weight is 344 g/mol. The molecule has 0 aliphatic carbocycles. The molecule has 1 atom stereocenters. The lowest BCUT2D eigenvalue weighted by atomic mass is 10.1. The van der Waals surface area contributed by atoms with Gasteiger partial charge in [0, 0.05) is 6.54 Å². The van der Waals surface area contributed by atoms with Gasteiger partial charge in [0.1, 0.15) is 6.07 Å². The van der Waals surface area contributed by atoms with Crippen LogP contribution in [0.3, 0.4) is 0 Å². The highest BCUT2D eigenvalue weighted by Gasteiger charge is 2.19. The van der Waals surface area contributed by atoms with E-state index in [1.165, 1.54) is 16.9 Å². The van der Waals surface area contributed by atoms with Gasteiger partial charge in [0.2, 0.25) is 17.5 Å². The van der Waals surface area contributed by atoms with Gasteiger partial charge in [-0.3, -0.25) is 0 Å². The number of nitrogens with one attached hydrogen (secondary N) is 1. The molecule has 0 bridgehead atoms. The smallest absolute Gasteiger partial charge is 0.240 e. The Morgan fingerprint density at radius 2 is 2.26 bits per heavy atom. The van der Waals surface area contributed by atoms with Gasteiger partial charge in [-0.1, -0.05) is 6.07 Å². The van der Waals surface area contributed by atoms with Crippen molar-refractivity contribution in [3.8, 4) is 16.8 Å². The van der Waals surface area contributed by atoms with E-state index in [1.54, 1.807) is 11.3 Å². The molecular weight excluding hydrogens is 328 g/mol. The molecule has 23 heavy (non-hydrogen) atoms. The standard InChI is InChI=1S/C16H16N4OS2/c1-20(2)13(11-5-7-22-10-11)9-18-15-12(8-17)19-16(21-15)14-4-3-6-23-14/h3-7,10,13,18H,9H2,1-2H3/t13-/m0/s1. The Labute approximate surface area is 142 Å². The molecule has 0 aromatic carbocycles. The second kappa shape index (κ2) is 6.96. The van der Waals surface area contributed by atoms with Gasteiger partial charge in [-0.25, -0.2) is 0 Å². The summed E-state index contributed by atoms with van der Waals surface area (Å²) in [5.74, 6) is 0.911. The lowest BCUT2D eigenvalue weighted by Gasteiger charge is -2.23. The minimum atomic E-state index is 0.197. The van der Waals surface area contributed by atoms with Crippen LogP contribution in [0, 0.1) is 11.3 Å². The first kappa shape index (κ1) is 15.7. The molecule has 3 aromatic rings. The molecule has 7 heteroatoms. The van der Waals surface area contributed by atoms with Crippen LogP contribution in [0.2, 0.25) is 0 Å². The van der Waals surface area contributed by atoms with Crippen LogP contribution < -0.4 is 5.32 Å². The summed E-state index contributed by atoms with van der Waals surface area (Å²) in [6.45, 7) is 0.636. The predicted molar refractivity (Wildman–Crippen MR) is 93.8 cm³/mol. The Hall–Kier alpha value is -2.14. The second-order valence-electron chi connectivity index (χ2n) is 5.20. The van der Waals surface area contributed by atoms with Crippen molar-refractivity contribution in [3.63, 3.8) is 0 Å². The van der Waals surface area contributed by atoms with Crippen LogP contribution in [0.1, 0.15) is 17.3 Å². The van der Waals surface area contributed by atoms with Crippen molar-refractivity contribution >= 4 is 28.6 Å². The zero-order chi connectivity index (χ0) is 16.2. The van der Waals surface area contributed by atoms with Crippen molar-refractivity contribution in [2.75, 3.05) is 26.0 Å². The minimum Gasteiger partial charge on any atom is -0.418 e. The molecule has 0 aliphatic rings. The van der Waals surface area contributed by atoms with Gasteiger partial charge in [0.15, 0.2) is 0 Å². The third kappa shape index (κ3) is 3.45. The predicted octanol–water partition coefficient (Wildman–Crippen LogP) is 4.05. The molecule has 0 aliphatic heterocycles. The number of nitrogens with zero attached hydrogens (tertiary/aromatic N) is 3. The summed E-state index contributed by atoms with van der Waals surface area (Å²) in [6.07, 6.45) is 0. The normalized spacial score (nSPS) is 12.3. The van der Waals surface area contributed by atoms with Gasteiger partial charge in [0.05, 0.1) is 10.9 Å². The first-order valence-corrected chi connectivity index (χ1v) is 8.88. The molecule has 0 saturated carbocycles. The van der Waals surface area contributed by atoms with Crippen LogP contribution >= 0.6 is 22.7 Å². The minimum absolute atomic E-state index is 0.197. The number of hydrogen-bond donors (Lipinski definition) is 1. The summed E-state index contributed by atoms with van der Waals surface area (Å²) in [5, 5.41) is 18.7. The highest BCUT2D eigenvalue weighted by molar-refractivity contribution is 7.13. The number of aromatic nitrogens is 1. The summed E-state index contributed by atoms with van der Waals surface area (Å²) in [5.41, 5.74) is 1.53. The number of hydrogen-bond acceptors (Lipinski definition) is 7. The summed E-state index contributed by atoms with van der Waals surface area (Å²) in [6, 6.07) is 8.26. The molecule has 0 saturated heterocycles. The number of anilines is 1. The Kier molecular flexibility index (Phi) is 4.76. The summed E-state index contributed by atoms with van der Waals surface area (Å²) >= 11 is 3.21. The van der Waals surface area contributed by atoms with Crippen molar-refractivity contribution in [3.05, 3.63) is 45.6 Å². The number of oxazole rings is 1. The van der Waals surface area contributed by atoms with Crippen LogP contribution in [0.25, 0.3) is 10.8 Å². The molecule has 0 radical (unpaired) electrons. The number of likely N-dealkylation sites (N-methyl/N-ethyl adjacent to an activating group) is 1. The van der Waals surface area contributed by atoms with E-state index in [-0.39, 0.29) is 11.7 Å². The van der Waals surface area contributed by atoms with E-state index in [0.717, 1.165) is 4.88 Å². The van der Waals surface area contributed by atoms with Crippen molar-refractivity contribution in [2.24, 2.45) is 0 Å². The van der Waals surface area contributed by atoms with Gasteiger partial charge in [-0.2, -0.15) is 21.6 Å². The van der Waals surface area contributed by atoms with Crippen LogP contribution in [0.5, 0.6) is 0 Å². The van der Waals surface area contributed by atoms with Gasteiger partial charge < -0.3 is 14.6 Å². The number of thiophene rings is 2. The fourth-order valence-electron chi connectivity index (χ4n) is 2.27. The van der Waals surface area contributed by atoms with E-state index in [0.29, 0.717) is 18.3 Å². The van der Waals surface area contributed by atoms with Gasteiger partial charge in [-0.05, 0) is 47.9 Å². The SMILES string of the molecule is CN(C)[C@@H](CNc1oc(-c2cccs2)nc1C#N)c1ccsc1. The van der Waals surface area contributed by atoms with Crippen LogP contribution in [0.4, 0.5) is 5.88 Å². The third-order valence-electron chi connectivity index (χ3n) is 3.47. The quantitative estimate of drug-likeness (QED) is 0.731. The number of rotatable bonds is 6. The maximum atomic E-state index is 9.27. The zero-order valence-electron chi connectivity index (χ0n) is 12.8. The largest absolute Gasteiger partial charge is 0.418 e. The number of nitriles is 1. The summed E-state index contributed by atoms with van der Waals surface area (Å²) < 4.78 is 5.75. The molecule has 0 fully saturated rings. The molecule has 118 valence electrons. The lowest BCUT2D eigenvalue weighted by Crippen LogP contribution is -2.26. The molecule has 3 rings (SSSR count). The highest BCUT2D eigenvalue weighted by atomic mass is 32.1. The van der Waals surface area contributed by atoms with E-state index in [4.69, 9.17) is 4.42 Å². The Morgan fingerprint density at radius 1 is 1.39 bits per heavy atom. The fourth-order valence-corrected chi connectivity index (χ4v) is 3.63. The first-order chi connectivity index (χ1) is 11.2. The van der Waals surface area contributed by atoms with Crippen LogP contribution in [-0.2, 0) is 0 Å². The van der Waals surface area contributed by atoms with E-state index < -0.39 is 0 Å². The molecule has 5 nitrogen and oxygen atoms in total. The summed E-state index contributed by atoms with van der Waals surface area (Å²) in [4.78, 5) is 7.32. The third-order valence-corrected chi connectivity index (χ3v) is 5.03. The molecule has 3 aromatic heterocycles. The van der Waals surface area contributed by atoms with Crippen molar-refractivity contribution < 1.29 is 4.42 Å². The summed E-state index contributed by atoms with van der Waals surface area (Å²) in [7, 11) is 4.07. The monoisotopic (exact) mass is 344 g/mol. The van der Waals surface area contributed by atoms with Crippen molar-refractivity contribution in [2.45, 2.75) is 6.04 Å². The maximum Gasteiger partial charge on any atom is 0.240 e. The van der Waals surface area contributed by atoms with Gasteiger partial charge in [-0.15, -0.1) is 11.3 Å². The zero-order valence-corrected chi connectivity index (χ0v) is 14.4. The van der Waals surface area contributed by atoms with E-state index in [9.17, 15) is 5.26 Å². The molecule has 0 amide bonds. The lowest BCUT2D eigenvalue weighted by molar-refractivity contribution is 0.311. The van der Waals surface area contributed by atoms with E-state index >= 15 is 0 Å². The second-order valence-corrected chi connectivity index (χ2v) is 6.93. The van der Waals surface area contributed by atoms with Crippen LogP contribution in [-0.4, -0.2) is 30.5 Å².